The van der Waals surface area contributed by atoms with Crippen LogP contribution in [0.4, 0.5) is 5.82 Å². The van der Waals surface area contributed by atoms with Crippen molar-refractivity contribution in [1.82, 2.24) is 15.0 Å². The summed E-state index contributed by atoms with van der Waals surface area (Å²) in [5.74, 6) is 0.746. The Hall–Kier alpha value is -1.20. The van der Waals surface area contributed by atoms with Crippen molar-refractivity contribution in [2.75, 3.05) is 11.9 Å². The molecular weight excluding hydrogens is 232 g/mol. The van der Waals surface area contributed by atoms with Crippen LogP contribution in [0, 0.1) is 0 Å². The second-order valence-electron chi connectivity index (χ2n) is 3.04. The molecule has 0 radical (unpaired) electrons. The van der Waals surface area contributed by atoms with Crippen molar-refractivity contribution < 1.29 is 0 Å². The number of halogens is 1. The largest absolute Gasteiger partial charge is 0.352 e. The fourth-order valence-electron chi connectivity index (χ4n) is 1.16. The summed E-state index contributed by atoms with van der Waals surface area (Å²) in [6, 6.07) is 0. The molecule has 0 atom stereocenters. The third kappa shape index (κ3) is 2.64. The predicted molar refractivity (Wildman–Crippen MR) is 61.3 cm³/mol. The lowest BCUT2D eigenvalue weighted by Crippen LogP contribution is -2.18. The molecule has 0 fully saturated rings. The zero-order valence-electron chi connectivity index (χ0n) is 8.09. The van der Waals surface area contributed by atoms with Gasteiger partial charge in [-0.15, -0.1) is 11.3 Å². The molecule has 2 heterocycles. The lowest BCUT2D eigenvalue weighted by Gasteiger charge is -2.15. The minimum Gasteiger partial charge on any atom is -0.352 e. The third-order valence-electron chi connectivity index (χ3n) is 1.87. The first kappa shape index (κ1) is 10.3. The molecule has 2 aromatic rings. The maximum absolute atomic E-state index is 5.76. The van der Waals surface area contributed by atoms with Gasteiger partial charge in [-0.1, -0.05) is 11.6 Å². The van der Waals surface area contributed by atoms with E-state index in [-0.39, 0.29) is 0 Å². The lowest BCUT2D eigenvalue weighted by atomic mass is 10.4. The summed E-state index contributed by atoms with van der Waals surface area (Å²) < 4.78 is 0. The Kier molecular flexibility index (Phi) is 3.13. The molecule has 0 aromatic carbocycles. The predicted octanol–water partition coefficient (Wildman–Crippen LogP) is 2.22. The van der Waals surface area contributed by atoms with Crippen LogP contribution in [-0.4, -0.2) is 22.0 Å². The van der Waals surface area contributed by atoms with Gasteiger partial charge < -0.3 is 4.90 Å². The Balaban J connectivity index is 2.11. The number of hydrogen-bond acceptors (Lipinski definition) is 5. The highest BCUT2D eigenvalue weighted by Gasteiger charge is 2.05. The summed E-state index contributed by atoms with van der Waals surface area (Å²) in [6.07, 6.45) is 3.19. The highest BCUT2D eigenvalue weighted by molar-refractivity contribution is 7.07. The van der Waals surface area contributed by atoms with E-state index >= 15 is 0 Å². The molecule has 0 aliphatic heterocycles. The van der Waals surface area contributed by atoms with Crippen LogP contribution in [0.3, 0.4) is 0 Å². The van der Waals surface area contributed by atoms with Gasteiger partial charge in [0.05, 0.1) is 30.1 Å². The Morgan fingerprint density at radius 3 is 3.00 bits per heavy atom. The van der Waals surface area contributed by atoms with E-state index in [0.29, 0.717) is 11.7 Å². The van der Waals surface area contributed by atoms with Crippen molar-refractivity contribution in [2.24, 2.45) is 0 Å². The minimum atomic E-state index is 0.401. The molecule has 0 N–H and O–H groups in total. The Morgan fingerprint density at radius 2 is 2.33 bits per heavy atom. The molecule has 0 spiro atoms. The number of nitrogens with zero attached hydrogens (tertiary/aromatic N) is 4. The highest BCUT2D eigenvalue weighted by atomic mass is 35.5. The molecule has 0 amide bonds. The van der Waals surface area contributed by atoms with Gasteiger partial charge in [0.25, 0.3) is 0 Å². The van der Waals surface area contributed by atoms with Crippen molar-refractivity contribution >= 4 is 28.8 Å². The second kappa shape index (κ2) is 4.55. The van der Waals surface area contributed by atoms with E-state index in [2.05, 4.69) is 15.0 Å². The first-order valence-corrected chi connectivity index (χ1v) is 5.63. The van der Waals surface area contributed by atoms with E-state index in [0.717, 1.165) is 11.5 Å². The number of rotatable bonds is 3. The van der Waals surface area contributed by atoms with Gasteiger partial charge in [-0.05, 0) is 0 Å². The van der Waals surface area contributed by atoms with Crippen molar-refractivity contribution in [1.29, 1.82) is 0 Å². The SMILES string of the molecule is CN(Cc1cscn1)c1cncc(Cl)n1. The minimum absolute atomic E-state index is 0.401. The standard InChI is InChI=1S/C9H9ClN4S/c1-14(4-7-5-15-6-12-7)9-3-11-2-8(10)13-9/h2-3,5-6H,4H2,1H3. The van der Waals surface area contributed by atoms with Crippen LogP contribution in [0.2, 0.25) is 5.15 Å². The molecule has 0 aliphatic rings. The van der Waals surface area contributed by atoms with Gasteiger partial charge in [-0.3, -0.25) is 4.98 Å². The van der Waals surface area contributed by atoms with Crippen molar-refractivity contribution in [2.45, 2.75) is 6.54 Å². The summed E-state index contributed by atoms with van der Waals surface area (Å²) >= 11 is 7.34. The van der Waals surface area contributed by atoms with Crippen LogP contribution >= 0.6 is 22.9 Å². The molecule has 78 valence electrons. The fourth-order valence-corrected chi connectivity index (χ4v) is 1.85. The van der Waals surface area contributed by atoms with Crippen LogP contribution in [0.1, 0.15) is 5.69 Å². The van der Waals surface area contributed by atoms with E-state index < -0.39 is 0 Å². The van der Waals surface area contributed by atoms with Crippen LogP contribution < -0.4 is 4.90 Å². The highest BCUT2D eigenvalue weighted by Crippen LogP contribution is 2.13. The van der Waals surface area contributed by atoms with E-state index in [1.54, 1.807) is 17.5 Å². The molecule has 0 aliphatic carbocycles. The number of anilines is 1. The first-order chi connectivity index (χ1) is 7.25. The Bertz CT molecular complexity index is 431. The summed E-state index contributed by atoms with van der Waals surface area (Å²) in [4.78, 5) is 14.3. The first-order valence-electron chi connectivity index (χ1n) is 4.31. The summed E-state index contributed by atoms with van der Waals surface area (Å²) in [5.41, 5.74) is 2.83. The maximum Gasteiger partial charge on any atom is 0.149 e. The molecule has 0 bridgehead atoms. The van der Waals surface area contributed by atoms with Gasteiger partial charge in [0.1, 0.15) is 11.0 Å². The molecule has 0 saturated heterocycles. The third-order valence-corrected chi connectivity index (χ3v) is 2.68. The van der Waals surface area contributed by atoms with E-state index in [4.69, 9.17) is 11.6 Å². The van der Waals surface area contributed by atoms with Crippen LogP contribution in [0.25, 0.3) is 0 Å². The number of aromatic nitrogens is 3. The molecule has 4 nitrogen and oxygen atoms in total. The average Bonchev–Trinajstić information content (AvgIpc) is 2.70. The molecule has 2 aromatic heterocycles. The molecule has 6 heteroatoms. The topological polar surface area (TPSA) is 41.9 Å². The zero-order valence-corrected chi connectivity index (χ0v) is 9.66. The van der Waals surface area contributed by atoms with Gasteiger partial charge in [0.2, 0.25) is 0 Å². The maximum atomic E-state index is 5.76. The monoisotopic (exact) mass is 240 g/mol. The summed E-state index contributed by atoms with van der Waals surface area (Å²) in [7, 11) is 1.93. The van der Waals surface area contributed by atoms with Gasteiger partial charge in [0.15, 0.2) is 0 Å². The summed E-state index contributed by atoms with van der Waals surface area (Å²) in [5, 5.41) is 2.41. The molecule has 15 heavy (non-hydrogen) atoms. The smallest absolute Gasteiger partial charge is 0.149 e. The molecule has 2 rings (SSSR count). The average molecular weight is 241 g/mol. The summed E-state index contributed by atoms with van der Waals surface area (Å²) in [6.45, 7) is 0.707. The van der Waals surface area contributed by atoms with Crippen LogP contribution in [0.5, 0.6) is 0 Å². The second-order valence-corrected chi connectivity index (χ2v) is 4.14. The fraction of sp³-hybridized carbons (Fsp3) is 0.222. The van der Waals surface area contributed by atoms with Crippen molar-refractivity contribution in [3.63, 3.8) is 0 Å². The van der Waals surface area contributed by atoms with Crippen LogP contribution in [0.15, 0.2) is 23.3 Å². The van der Waals surface area contributed by atoms with E-state index in [1.807, 2.05) is 22.8 Å². The number of hydrogen-bond donors (Lipinski definition) is 0. The van der Waals surface area contributed by atoms with Gasteiger partial charge >= 0.3 is 0 Å². The molecule has 0 unspecified atom stereocenters. The van der Waals surface area contributed by atoms with Gasteiger partial charge in [-0.25, -0.2) is 9.97 Å². The Morgan fingerprint density at radius 1 is 1.47 bits per heavy atom. The van der Waals surface area contributed by atoms with Gasteiger partial charge in [-0.2, -0.15) is 0 Å². The van der Waals surface area contributed by atoms with E-state index in [9.17, 15) is 0 Å². The number of thiazole rings is 1. The normalized spacial score (nSPS) is 10.3. The molecule has 0 saturated carbocycles. The zero-order chi connectivity index (χ0) is 10.7. The van der Waals surface area contributed by atoms with Crippen molar-refractivity contribution in [3.8, 4) is 0 Å². The van der Waals surface area contributed by atoms with E-state index in [1.165, 1.54) is 6.20 Å². The van der Waals surface area contributed by atoms with Gasteiger partial charge in [0, 0.05) is 12.4 Å². The van der Waals surface area contributed by atoms with Crippen molar-refractivity contribution in [3.05, 3.63) is 34.1 Å². The lowest BCUT2D eigenvalue weighted by molar-refractivity contribution is 0.868. The quantitative estimate of drug-likeness (QED) is 0.825. The molecular formula is C9H9ClN4S. The Labute approximate surface area is 96.6 Å². The van der Waals surface area contributed by atoms with Crippen LogP contribution in [-0.2, 0) is 6.54 Å².